The Morgan fingerprint density at radius 3 is 2.18 bits per heavy atom. The van der Waals surface area contributed by atoms with Gasteiger partial charge < -0.3 is 0 Å². The summed E-state index contributed by atoms with van der Waals surface area (Å²) < 4.78 is 0. The molecular formula is C10H17N. The first-order chi connectivity index (χ1) is 5.02. The fourth-order valence-corrected chi connectivity index (χ4v) is 0.834. The molecule has 0 bridgehead atoms. The topological polar surface area (TPSA) is 12.4 Å². The van der Waals surface area contributed by atoms with Crippen molar-refractivity contribution >= 4 is 6.21 Å². The van der Waals surface area contributed by atoms with E-state index in [0.717, 1.165) is 0 Å². The van der Waals surface area contributed by atoms with Gasteiger partial charge in [0, 0.05) is 12.4 Å². The fraction of sp³-hybridized carbons (Fsp3) is 0.500. The van der Waals surface area contributed by atoms with Crippen molar-refractivity contribution in [2.75, 3.05) is 0 Å². The Kier molecular flexibility index (Phi) is 3.80. The van der Waals surface area contributed by atoms with Crippen LogP contribution in [0.15, 0.2) is 29.4 Å². The van der Waals surface area contributed by atoms with Gasteiger partial charge in [0.15, 0.2) is 0 Å². The summed E-state index contributed by atoms with van der Waals surface area (Å²) in [6, 6.07) is 0. The maximum atomic E-state index is 3.98. The molecular weight excluding hydrogens is 134 g/mol. The highest BCUT2D eigenvalue weighted by Gasteiger charge is 2.13. The number of allylic oxidation sites excluding steroid dienone is 2. The second kappa shape index (κ2) is 4.12. The zero-order valence-corrected chi connectivity index (χ0v) is 7.89. The Bertz CT molecular complexity index is 180. The Labute approximate surface area is 69.5 Å². The molecule has 0 aromatic rings. The third-order valence-corrected chi connectivity index (χ3v) is 1.50. The van der Waals surface area contributed by atoms with E-state index in [0.29, 0.717) is 0 Å². The van der Waals surface area contributed by atoms with E-state index in [4.69, 9.17) is 0 Å². The third-order valence-electron chi connectivity index (χ3n) is 1.50. The maximum absolute atomic E-state index is 3.98. The van der Waals surface area contributed by atoms with Gasteiger partial charge in [-0.15, -0.1) is 0 Å². The van der Waals surface area contributed by atoms with Gasteiger partial charge in [-0.25, -0.2) is 0 Å². The summed E-state index contributed by atoms with van der Waals surface area (Å²) in [6.07, 6.45) is 5.48. The number of aliphatic imine (C=N–C) groups is 1. The van der Waals surface area contributed by atoms with Crippen LogP contribution in [0.3, 0.4) is 0 Å². The van der Waals surface area contributed by atoms with E-state index in [1.165, 1.54) is 5.57 Å². The fourth-order valence-electron chi connectivity index (χ4n) is 0.834. The zero-order valence-electron chi connectivity index (χ0n) is 7.89. The zero-order chi connectivity index (χ0) is 8.91. The molecule has 0 aromatic heterocycles. The minimum absolute atomic E-state index is 0.182. The number of hydrogen-bond donors (Lipinski definition) is 0. The minimum atomic E-state index is 0.182. The van der Waals surface area contributed by atoms with Crippen molar-refractivity contribution in [2.45, 2.75) is 27.7 Å². The molecule has 0 N–H and O–H groups in total. The molecule has 0 saturated heterocycles. The van der Waals surface area contributed by atoms with Crippen LogP contribution in [0.1, 0.15) is 27.7 Å². The lowest BCUT2D eigenvalue weighted by atomic mass is 9.87. The van der Waals surface area contributed by atoms with Crippen molar-refractivity contribution in [3.05, 3.63) is 24.4 Å². The van der Waals surface area contributed by atoms with Crippen LogP contribution in [0, 0.1) is 5.41 Å². The number of hydrogen-bond acceptors (Lipinski definition) is 1. The van der Waals surface area contributed by atoms with E-state index in [-0.39, 0.29) is 5.41 Å². The predicted molar refractivity (Wildman–Crippen MR) is 51.9 cm³/mol. The van der Waals surface area contributed by atoms with Gasteiger partial charge in [0.25, 0.3) is 0 Å². The lowest BCUT2D eigenvalue weighted by Gasteiger charge is -2.18. The van der Waals surface area contributed by atoms with Crippen LogP contribution in [-0.2, 0) is 0 Å². The summed E-state index contributed by atoms with van der Waals surface area (Å²) in [5, 5.41) is 0. The first kappa shape index (κ1) is 10.2. The molecule has 62 valence electrons. The van der Waals surface area contributed by atoms with Gasteiger partial charge >= 0.3 is 0 Å². The van der Waals surface area contributed by atoms with Crippen molar-refractivity contribution in [3.8, 4) is 0 Å². The SMILES string of the molecule is C=C/N=C\C(=C/C)C(C)(C)C. The third kappa shape index (κ3) is 3.76. The summed E-state index contributed by atoms with van der Waals surface area (Å²) in [5.41, 5.74) is 1.42. The molecule has 0 amide bonds. The van der Waals surface area contributed by atoms with Crippen molar-refractivity contribution in [3.63, 3.8) is 0 Å². The number of nitrogens with zero attached hydrogens (tertiary/aromatic N) is 1. The van der Waals surface area contributed by atoms with Crippen LogP contribution >= 0.6 is 0 Å². The van der Waals surface area contributed by atoms with Gasteiger partial charge in [-0.05, 0) is 17.9 Å². The maximum Gasteiger partial charge on any atom is 0.0301 e. The van der Waals surface area contributed by atoms with E-state index in [1.807, 2.05) is 13.1 Å². The summed E-state index contributed by atoms with van der Waals surface area (Å²) in [6.45, 7) is 12.0. The van der Waals surface area contributed by atoms with Gasteiger partial charge in [-0.2, -0.15) is 0 Å². The standard InChI is InChI=1S/C10H17N/c1-6-9(8-11-7-2)10(3,4)5/h6-8H,2H2,1,3-5H3/b9-6+,11-8-. The molecule has 11 heavy (non-hydrogen) atoms. The van der Waals surface area contributed by atoms with Crippen LogP contribution in [0.5, 0.6) is 0 Å². The Morgan fingerprint density at radius 2 is 1.91 bits per heavy atom. The number of rotatable bonds is 2. The van der Waals surface area contributed by atoms with E-state index in [9.17, 15) is 0 Å². The quantitative estimate of drug-likeness (QED) is 0.537. The smallest absolute Gasteiger partial charge is 0.0301 e. The largest absolute Gasteiger partial charge is 0.265 e. The van der Waals surface area contributed by atoms with Gasteiger partial charge in [-0.1, -0.05) is 33.4 Å². The average molecular weight is 151 g/mol. The first-order valence-corrected chi connectivity index (χ1v) is 3.83. The normalized spacial score (nSPS) is 14.0. The first-order valence-electron chi connectivity index (χ1n) is 3.83. The van der Waals surface area contributed by atoms with Crippen molar-refractivity contribution in [1.82, 2.24) is 0 Å². The molecule has 0 saturated carbocycles. The molecule has 1 nitrogen and oxygen atoms in total. The molecule has 0 aromatic carbocycles. The molecule has 0 aliphatic carbocycles. The molecule has 0 fully saturated rings. The van der Waals surface area contributed by atoms with Crippen LogP contribution in [-0.4, -0.2) is 6.21 Å². The molecule has 0 atom stereocenters. The lowest BCUT2D eigenvalue weighted by Crippen LogP contribution is -2.09. The molecule has 0 aliphatic rings. The van der Waals surface area contributed by atoms with Crippen LogP contribution < -0.4 is 0 Å². The van der Waals surface area contributed by atoms with Crippen molar-refractivity contribution in [2.24, 2.45) is 10.4 Å². The highest BCUT2D eigenvalue weighted by Crippen LogP contribution is 2.23. The molecule has 0 spiro atoms. The van der Waals surface area contributed by atoms with Crippen LogP contribution in [0.2, 0.25) is 0 Å². The lowest BCUT2D eigenvalue weighted by molar-refractivity contribution is 0.526. The Hall–Kier alpha value is -0.850. The van der Waals surface area contributed by atoms with E-state index < -0.39 is 0 Å². The van der Waals surface area contributed by atoms with E-state index >= 15 is 0 Å². The van der Waals surface area contributed by atoms with Crippen LogP contribution in [0.25, 0.3) is 0 Å². The van der Waals surface area contributed by atoms with Crippen LogP contribution in [0.4, 0.5) is 0 Å². The monoisotopic (exact) mass is 151 g/mol. The van der Waals surface area contributed by atoms with Gasteiger partial charge in [0.1, 0.15) is 0 Å². The Balaban J connectivity index is 4.45. The van der Waals surface area contributed by atoms with Gasteiger partial charge in [-0.3, -0.25) is 4.99 Å². The molecule has 0 aliphatic heterocycles. The molecule has 0 rings (SSSR count). The summed E-state index contributed by atoms with van der Waals surface area (Å²) in [7, 11) is 0. The Morgan fingerprint density at radius 1 is 1.36 bits per heavy atom. The highest BCUT2D eigenvalue weighted by molar-refractivity contribution is 5.80. The highest BCUT2D eigenvalue weighted by atomic mass is 14.7. The summed E-state index contributed by atoms with van der Waals surface area (Å²) in [5.74, 6) is 0. The molecule has 1 heteroatoms. The van der Waals surface area contributed by atoms with Gasteiger partial charge in [0.2, 0.25) is 0 Å². The summed E-state index contributed by atoms with van der Waals surface area (Å²) >= 11 is 0. The second-order valence-electron chi connectivity index (χ2n) is 3.45. The average Bonchev–Trinajstić information content (AvgIpc) is 1.87. The molecule has 0 unspecified atom stereocenters. The minimum Gasteiger partial charge on any atom is -0.265 e. The van der Waals surface area contributed by atoms with E-state index in [1.54, 1.807) is 6.20 Å². The predicted octanol–water partition coefficient (Wildman–Crippen LogP) is 3.19. The molecule has 0 radical (unpaired) electrons. The molecule has 0 heterocycles. The van der Waals surface area contributed by atoms with E-state index in [2.05, 4.69) is 38.4 Å². The van der Waals surface area contributed by atoms with Crippen molar-refractivity contribution in [1.29, 1.82) is 0 Å². The second-order valence-corrected chi connectivity index (χ2v) is 3.45. The van der Waals surface area contributed by atoms with Gasteiger partial charge in [0.05, 0.1) is 0 Å². The van der Waals surface area contributed by atoms with Crippen molar-refractivity contribution < 1.29 is 0 Å². The summed E-state index contributed by atoms with van der Waals surface area (Å²) in [4.78, 5) is 3.98.